The first kappa shape index (κ1) is 14.4. The van der Waals surface area contributed by atoms with E-state index in [1.807, 2.05) is 6.92 Å². The van der Waals surface area contributed by atoms with Crippen LogP contribution in [0.4, 0.5) is 17.1 Å². The third kappa shape index (κ3) is 3.14. The molecule has 0 saturated carbocycles. The average Bonchev–Trinajstić information content (AvgIpc) is 2.41. The first-order valence-electron chi connectivity index (χ1n) is 6.11. The van der Waals surface area contributed by atoms with E-state index in [-0.39, 0.29) is 16.9 Å². The van der Waals surface area contributed by atoms with Gasteiger partial charge < -0.3 is 10.4 Å². The number of rotatable bonds is 4. The van der Waals surface area contributed by atoms with E-state index in [0.29, 0.717) is 11.4 Å². The van der Waals surface area contributed by atoms with Gasteiger partial charge in [-0.15, -0.1) is 0 Å². The molecule has 1 heterocycles. The third-order valence-electron chi connectivity index (χ3n) is 2.93. The number of aromatic carboxylic acids is 1. The molecule has 0 fully saturated rings. The molecule has 0 radical (unpaired) electrons. The molecule has 0 atom stereocenters. The molecular weight excluding hydrogens is 274 g/mol. The molecule has 2 aromatic rings. The summed E-state index contributed by atoms with van der Waals surface area (Å²) in [7, 11) is 0. The lowest BCUT2D eigenvalue weighted by Crippen LogP contribution is -2.03. The highest BCUT2D eigenvalue weighted by molar-refractivity contribution is 5.90. The van der Waals surface area contributed by atoms with E-state index in [4.69, 9.17) is 5.11 Å². The molecule has 0 aliphatic carbocycles. The second-order valence-corrected chi connectivity index (χ2v) is 4.50. The van der Waals surface area contributed by atoms with E-state index < -0.39 is 10.9 Å². The lowest BCUT2D eigenvalue weighted by atomic mass is 10.1. The van der Waals surface area contributed by atoms with Crippen LogP contribution in [0, 0.1) is 24.0 Å². The number of nitro groups is 1. The van der Waals surface area contributed by atoms with E-state index in [1.54, 1.807) is 19.1 Å². The number of aromatic nitrogens is 1. The van der Waals surface area contributed by atoms with Gasteiger partial charge in [-0.1, -0.05) is 0 Å². The summed E-state index contributed by atoms with van der Waals surface area (Å²) < 4.78 is 0. The van der Waals surface area contributed by atoms with Crippen LogP contribution in [0.1, 0.15) is 21.7 Å². The molecule has 1 aromatic heterocycles. The van der Waals surface area contributed by atoms with Crippen molar-refractivity contribution in [3.05, 3.63) is 57.4 Å². The van der Waals surface area contributed by atoms with Crippen molar-refractivity contribution in [2.75, 3.05) is 5.32 Å². The van der Waals surface area contributed by atoms with Crippen molar-refractivity contribution in [2.24, 2.45) is 0 Å². The zero-order valence-corrected chi connectivity index (χ0v) is 11.5. The SMILES string of the molecule is Cc1ccc(Nc2cc(C(=O)O)ccc2[N+](=O)[O-])c(C)n1. The minimum Gasteiger partial charge on any atom is -0.478 e. The average molecular weight is 287 g/mol. The highest BCUT2D eigenvalue weighted by atomic mass is 16.6. The van der Waals surface area contributed by atoms with Crippen molar-refractivity contribution in [1.82, 2.24) is 4.98 Å². The summed E-state index contributed by atoms with van der Waals surface area (Å²) in [5.41, 5.74) is 1.98. The Morgan fingerprint density at radius 2 is 1.95 bits per heavy atom. The Labute approximate surface area is 120 Å². The molecule has 1 aromatic carbocycles. The molecule has 0 spiro atoms. The molecule has 0 unspecified atom stereocenters. The van der Waals surface area contributed by atoms with E-state index in [2.05, 4.69) is 10.3 Å². The quantitative estimate of drug-likeness (QED) is 0.661. The monoisotopic (exact) mass is 287 g/mol. The number of nitro benzene ring substituents is 1. The number of carboxylic acids is 1. The number of hydrogen-bond donors (Lipinski definition) is 2. The van der Waals surface area contributed by atoms with Crippen LogP contribution in [0.3, 0.4) is 0 Å². The first-order chi connectivity index (χ1) is 9.88. The van der Waals surface area contributed by atoms with Crippen molar-refractivity contribution in [3.63, 3.8) is 0 Å². The third-order valence-corrected chi connectivity index (χ3v) is 2.93. The van der Waals surface area contributed by atoms with Gasteiger partial charge in [0.1, 0.15) is 5.69 Å². The van der Waals surface area contributed by atoms with Gasteiger partial charge in [0.25, 0.3) is 5.69 Å². The number of nitrogens with zero attached hydrogens (tertiary/aromatic N) is 2. The van der Waals surface area contributed by atoms with Crippen LogP contribution in [0.15, 0.2) is 30.3 Å². The summed E-state index contributed by atoms with van der Waals surface area (Å²) in [5, 5.41) is 22.9. The first-order valence-corrected chi connectivity index (χ1v) is 6.11. The summed E-state index contributed by atoms with van der Waals surface area (Å²) in [6, 6.07) is 7.12. The van der Waals surface area contributed by atoms with Gasteiger partial charge in [0.05, 0.1) is 21.9 Å². The number of anilines is 2. The maximum atomic E-state index is 11.0. The van der Waals surface area contributed by atoms with Crippen molar-refractivity contribution in [1.29, 1.82) is 0 Å². The lowest BCUT2D eigenvalue weighted by molar-refractivity contribution is -0.383. The molecule has 7 nitrogen and oxygen atoms in total. The van der Waals surface area contributed by atoms with Crippen LogP contribution in [-0.4, -0.2) is 21.0 Å². The van der Waals surface area contributed by atoms with Gasteiger partial charge in [0.2, 0.25) is 0 Å². The highest BCUT2D eigenvalue weighted by Crippen LogP contribution is 2.29. The number of pyridine rings is 1. The molecule has 2 N–H and O–H groups in total. The fraction of sp³-hybridized carbons (Fsp3) is 0.143. The summed E-state index contributed by atoms with van der Waals surface area (Å²) in [4.78, 5) is 25.7. The van der Waals surface area contributed by atoms with E-state index in [0.717, 1.165) is 5.69 Å². The maximum Gasteiger partial charge on any atom is 0.335 e. The second kappa shape index (κ2) is 5.58. The Kier molecular flexibility index (Phi) is 3.84. The summed E-state index contributed by atoms with van der Waals surface area (Å²) >= 11 is 0. The molecule has 0 saturated heterocycles. The highest BCUT2D eigenvalue weighted by Gasteiger charge is 2.17. The largest absolute Gasteiger partial charge is 0.478 e. The number of hydrogen-bond acceptors (Lipinski definition) is 5. The van der Waals surface area contributed by atoms with Gasteiger partial charge in [-0.25, -0.2) is 4.79 Å². The van der Waals surface area contributed by atoms with Crippen molar-refractivity contribution in [2.45, 2.75) is 13.8 Å². The number of carbonyl (C=O) groups is 1. The molecule has 0 amide bonds. The Morgan fingerprint density at radius 1 is 1.24 bits per heavy atom. The number of benzene rings is 1. The summed E-state index contributed by atoms with van der Waals surface area (Å²) in [6.45, 7) is 3.60. The fourth-order valence-corrected chi connectivity index (χ4v) is 1.89. The van der Waals surface area contributed by atoms with Crippen molar-refractivity contribution in [3.8, 4) is 0 Å². The summed E-state index contributed by atoms with van der Waals surface area (Å²) in [5.74, 6) is -1.15. The number of nitrogens with one attached hydrogen (secondary N) is 1. The Hall–Kier alpha value is -2.96. The van der Waals surface area contributed by atoms with Crippen molar-refractivity contribution < 1.29 is 14.8 Å². The minimum atomic E-state index is -1.15. The molecule has 7 heteroatoms. The predicted octanol–water partition coefficient (Wildman–Crippen LogP) is 3.05. The van der Waals surface area contributed by atoms with Gasteiger partial charge >= 0.3 is 5.97 Å². The van der Waals surface area contributed by atoms with Crippen LogP contribution in [0.25, 0.3) is 0 Å². The molecule has 0 aliphatic rings. The van der Waals surface area contributed by atoms with Crippen LogP contribution < -0.4 is 5.32 Å². The zero-order chi connectivity index (χ0) is 15.6. The topological polar surface area (TPSA) is 105 Å². The van der Waals surface area contributed by atoms with Crippen LogP contribution in [0.5, 0.6) is 0 Å². The van der Waals surface area contributed by atoms with Crippen LogP contribution in [0.2, 0.25) is 0 Å². The van der Waals surface area contributed by atoms with Gasteiger partial charge in [0.15, 0.2) is 0 Å². The predicted molar refractivity (Wildman–Crippen MR) is 77.0 cm³/mol. The Bertz CT molecular complexity index is 728. The van der Waals surface area contributed by atoms with E-state index >= 15 is 0 Å². The smallest absolute Gasteiger partial charge is 0.335 e. The molecule has 0 bridgehead atoms. The maximum absolute atomic E-state index is 11.0. The van der Waals surface area contributed by atoms with Crippen LogP contribution in [-0.2, 0) is 0 Å². The number of carboxylic acid groups (broad SMARTS) is 1. The summed E-state index contributed by atoms with van der Waals surface area (Å²) in [6.07, 6.45) is 0. The van der Waals surface area contributed by atoms with Gasteiger partial charge in [-0.3, -0.25) is 15.1 Å². The fourth-order valence-electron chi connectivity index (χ4n) is 1.89. The van der Waals surface area contributed by atoms with Crippen molar-refractivity contribution >= 4 is 23.0 Å². The number of aryl methyl sites for hydroxylation is 2. The zero-order valence-electron chi connectivity index (χ0n) is 11.5. The van der Waals surface area contributed by atoms with Gasteiger partial charge in [-0.05, 0) is 38.1 Å². The van der Waals surface area contributed by atoms with Crippen LogP contribution >= 0.6 is 0 Å². The molecular formula is C14H13N3O4. The molecule has 0 aliphatic heterocycles. The van der Waals surface area contributed by atoms with E-state index in [1.165, 1.54) is 18.2 Å². The standard InChI is InChI=1S/C14H13N3O4/c1-8-3-5-11(9(2)15-8)16-12-7-10(14(18)19)4-6-13(12)17(20)21/h3-7,16H,1-2H3,(H,18,19). The Balaban J connectivity index is 2.48. The second-order valence-electron chi connectivity index (χ2n) is 4.50. The van der Waals surface area contributed by atoms with Gasteiger partial charge in [0, 0.05) is 11.8 Å². The Morgan fingerprint density at radius 3 is 2.52 bits per heavy atom. The van der Waals surface area contributed by atoms with Gasteiger partial charge in [-0.2, -0.15) is 0 Å². The normalized spacial score (nSPS) is 10.2. The molecule has 21 heavy (non-hydrogen) atoms. The molecule has 2 rings (SSSR count). The minimum absolute atomic E-state index is 0.0270. The molecule has 108 valence electrons. The lowest BCUT2D eigenvalue weighted by Gasteiger charge is -2.10. The van der Waals surface area contributed by atoms with E-state index in [9.17, 15) is 14.9 Å².